The highest BCUT2D eigenvalue weighted by Crippen LogP contribution is 2.19. The molecule has 0 N–H and O–H groups in total. The highest BCUT2D eigenvalue weighted by atomic mass is 19.2. The summed E-state index contributed by atoms with van der Waals surface area (Å²) >= 11 is 0. The molecule has 27 heavy (non-hydrogen) atoms. The molecule has 0 saturated carbocycles. The van der Waals surface area contributed by atoms with E-state index in [1.165, 1.54) is 30.3 Å². The lowest BCUT2D eigenvalue weighted by atomic mass is 10.1. The summed E-state index contributed by atoms with van der Waals surface area (Å²) < 4.78 is 32.0. The summed E-state index contributed by atoms with van der Waals surface area (Å²) in [5.41, 5.74) is 0.826. The van der Waals surface area contributed by atoms with Crippen LogP contribution in [0.4, 0.5) is 14.5 Å². The van der Waals surface area contributed by atoms with Gasteiger partial charge in [0.05, 0.1) is 17.6 Å². The number of carbonyl (C=O) groups excluding carboxylic acids is 1. The van der Waals surface area contributed by atoms with Gasteiger partial charge in [-0.2, -0.15) is 0 Å². The van der Waals surface area contributed by atoms with E-state index in [1.807, 2.05) is 0 Å². The minimum Gasteiger partial charge on any atom is -0.372 e. The lowest BCUT2D eigenvalue weighted by molar-refractivity contribution is -0.384. The van der Waals surface area contributed by atoms with Gasteiger partial charge in [-0.3, -0.25) is 14.9 Å². The Morgan fingerprint density at radius 2 is 1.93 bits per heavy atom. The van der Waals surface area contributed by atoms with Crippen molar-refractivity contribution >= 4 is 11.6 Å². The number of hydrogen-bond donors (Lipinski definition) is 0. The number of piperidine rings is 1. The molecule has 8 heteroatoms. The van der Waals surface area contributed by atoms with Gasteiger partial charge in [0.15, 0.2) is 11.6 Å². The number of rotatable bonds is 5. The maximum absolute atomic E-state index is 13.3. The van der Waals surface area contributed by atoms with Crippen molar-refractivity contribution in [2.45, 2.75) is 25.6 Å². The van der Waals surface area contributed by atoms with Crippen molar-refractivity contribution in [3.8, 4) is 0 Å². The Kier molecular flexibility index (Phi) is 5.75. The molecule has 2 aromatic carbocycles. The number of amides is 1. The number of carbonyl (C=O) groups is 1. The summed E-state index contributed by atoms with van der Waals surface area (Å²) in [6, 6.07) is 9.08. The van der Waals surface area contributed by atoms with Gasteiger partial charge in [0, 0.05) is 30.8 Å². The van der Waals surface area contributed by atoms with E-state index in [1.54, 1.807) is 4.90 Å². The van der Waals surface area contributed by atoms with E-state index < -0.39 is 16.6 Å². The SMILES string of the molecule is O=C(c1ccc([N+](=O)[O-])cc1)N1CCC[C@H](OCc2ccc(F)c(F)c2)C1. The first kappa shape index (κ1) is 18.9. The van der Waals surface area contributed by atoms with Crippen molar-refractivity contribution in [2.24, 2.45) is 0 Å². The van der Waals surface area contributed by atoms with Crippen LogP contribution in [0.5, 0.6) is 0 Å². The van der Waals surface area contributed by atoms with Crippen LogP contribution in [0.2, 0.25) is 0 Å². The highest BCUT2D eigenvalue weighted by Gasteiger charge is 2.25. The molecule has 1 saturated heterocycles. The summed E-state index contributed by atoms with van der Waals surface area (Å²) in [7, 11) is 0. The largest absolute Gasteiger partial charge is 0.372 e. The molecular formula is C19H18F2N2O4. The van der Waals surface area contributed by atoms with Crippen molar-refractivity contribution in [1.29, 1.82) is 0 Å². The minimum absolute atomic E-state index is 0.0714. The molecule has 0 aromatic heterocycles. The number of benzene rings is 2. The third-order valence-electron chi connectivity index (χ3n) is 4.46. The van der Waals surface area contributed by atoms with Crippen LogP contribution in [-0.4, -0.2) is 34.9 Å². The zero-order valence-electron chi connectivity index (χ0n) is 14.4. The van der Waals surface area contributed by atoms with Crippen LogP contribution < -0.4 is 0 Å². The second kappa shape index (κ2) is 8.22. The smallest absolute Gasteiger partial charge is 0.269 e. The summed E-state index contributed by atoms with van der Waals surface area (Å²) in [6.07, 6.45) is 1.29. The molecule has 0 bridgehead atoms. The monoisotopic (exact) mass is 376 g/mol. The Morgan fingerprint density at radius 3 is 2.59 bits per heavy atom. The molecule has 1 aliphatic rings. The number of ether oxygens (including phenoxy) is 1. The number of halogens is 2. The first-order chi connectivity index (χ1) is 12.9. The number of nitro groups is 1. The van der Waals surface area contributed by atoms with Gasteiger partial charge < -0.3 is 9.64 Å². The quantitative estimate of drug-likeness (QED) is 0.589. The number of non-ortho nitro benzene ring substituents is 1. The van der Waals surface area contributed by atoms with Crippen LogP contribution in [0.25, 0.3) is 0 Å². The standard InChI is InChI=1S/C19H18F2N2O4/c20-17-8-3-13(10-18(17)21)12-27-16-2-1-9-22(11-16)19(24)14-4-6-15(7-5-14)23(25)26/h3-8,10,16H,1-2,9,11-12H2/t16-/m0/s1. The van der Waals surface area contributed by atoms with Gasteiger partial charge in [0.2, 0.25) is 0 Å². The van der Waals surface area contributed by atoms with Crippen molar-refractivity contribution in [3.63, 3.8) is 0 Å². The molecule has 1 heterocycles. The molecule has 1 amide bonds. The fourth-order valence-electron chi connectivity index (χ4n) is 3.01. The van der Waals surface area contributed by atoms with Crippen LogP contribution in [0, 0.1) is 21.7 Å². The Hall–Kier alpha value is -2.87. The molecule has 3 rings (SSSR count). The van der Waals surface area contributed by atoms with E-state index >= 15 is 0 Å². The number of nitro benzene ring substituents is 1. The van der Waals surface area contributed by atoms with Gasteiger partial charge in [-0.1, -0.05) is 6.07 Å². The average molecular weight is 376 g/mol. The Labute approximate surface area is 154 Å². The summed E-state index contributed by atoms with van der Waals surface area (Å²) in [4.78, 5) is 24.4. The Morgan fingerprint density at radius 1 is 1.19 bits per heavy atom. The molecule has 1 fully saturated rings. The van der Waals surface area contributed by atoms with Crippen LogP contribution in [0.15, 0.2) is 42.5 Å². The summed E-state index contributed by atoms with van der Waals surface area (Å²) in [6.45, 7) is 1.07. The van der Waals surface area contributed by atoms with Crippen molar-refractivity contribution < 1.29 is 23.2 Å². The molecule has 1 atom stereocenters. The summed E-state index contributed by atoms with van der Waals surface area (Å²) in [5.74, 6) is -2.04. The zero-order valence-corrected chi connectivity index (χ0v) is 14.4. The second-order valence-electron chi connectivity index (χ2n) is 6.38. The van der Waals surface area contributed by atoms with Crippen LogP contribution in [0.3, 0.4) is 0 Å². The number of hydrogen-bond acceptors (Lipinski definition) is 4. The van der Waals surface area contributed by atoms with Gasteiger partial charge in [-0.25, -0.2) is 8.78 Å². The third-order valence-corrected chi connectivity index (χ3v) is 4.46. The molecule has 6 nitrogen and oxygen atoms in total. The third kappa shape index (κ3) is 4.65. The van der Waals surface area contributed by atoms with Crippen LogP contribution >= 0.6 is 0 Å². The number of nitrogens with zero attached hydrogens (tertiary/aromatic N) is 2. The normalized spacial score (nSPS) is 17.0. The first-order valence-electron chi connectivity index (χ1n) is 8.53. The average Bonchev–Trinajstić information content (AvgIpc) is 2.68. The van der Waals surface area contributed by atoms with Gasteiger partial charge in [0.25, 0.3) is 11.6 Å². The predicted molar refractivity (Wildman–Crippen MR) is 93.2 cm³/mol. The van der Waals surface area contributed by atoms with Crippen LogP contribution in [0.1, 0.15) is 28.8 Å². The van der Waals surface area contributed by atoms with Gasteiger partial charge >= 0.3 is 0 Å². The summed E-state index contributed by atoms with van der Waals surface area (Å²) in [5, 5.41) is 10.7. The fraction of sp³-hybridized carbons (Fsp3) is 0.316. The molecule has 0 unspecified atom stereocenters. The highest BCUT2D eigenvalue weighted by molar-refractivity contribution is 5.94. The zero-order chi connectivity index (χ0) is 19.4. The molecule has 142 valence electrons. The predicted octanol–water partition coefficient (Wildman–Crippen LogP) is 3.69. The van der Waals surface area contributed by atoms with E-state index in [9.17, 15) is 23.7 Å². The molecule has 0 radical (unpaired) electrons. The van der Waals surface area contributed by atoms with E-state index in [0.717, 1.165) is 25.0 Å². The maximum atomic E-state index is 13.3. The fourth-order valence-corrected chi connectivity index (χ4v) is 3.01. The van der Waals surface area contributed by atoms with Gasteiger partial charge in [0.1, 0.15) is 0 Å². The van der Waals surface area contributed by atoms with Crippen LogP contribution in [-0.2, 0) is 11.3 Å². The molecule has 0 spiro atoms. The maximum Gasteiger partial charge on any atom is 0.269 e. The van der Waals surface area contributed by atoms with E-state index in [0.29, 0.717) is 24.2 Å². The molecule has 0 aliphatic carbocycles. The van der Waals surface area contributed by atoms with Gasteiger partial charge in [-0.15, -0.1) is 0 Å². The van der Waals surface area contributed by atoms with Crippen molar-refractivity contribution in [3.05, 3.63) is 75.3 Å². The lowest BCUT2D eigenvalue weighted by Gasteiger charge is -2.32. The Balaban J connectivity index is 1.58. The van der Waals surface area contributed by atoms with E-state index in [-0.39, 0.29) is 24.3 Å². The first-order valence-corrected chi connectivity index (χ1v) is 8.53. The lowest BCUT2D eigenvalue weighted by Crippen LogP contribution is -2.43. The van der Waals surface area contributed by atoms with Crippen molar-refractivity contribution in [1.82, 2.24) is 4.90 Å². The topological polar surface area (TPSA) is 72.7 Å². The number of likely N-dealkylation sites (tertiary alicyclic amines) is 1. The second-order valence-corrected chi connectivity index (χ2v) is 6.38. The van der Waals surface area contributed by atoms with Gasteiger partial charge in [-0.05, 0) is 42.7 Å². The minimum atomic E-state index is -0.922. The molecular weight excluding hydrogens is 358 g/mol. The van der Waals surface area contributed by atoms with E-state index in [4.69, 9.17) is 4.74 Å². The molecule has 2 aromatic rings. The molecule has 1 aliphatic heterocycles. The van der Waals surface area contributed by atoms with E-state index in [2.05, 4.69) is 0 Å². The Bertz CT molecular complexity index is 842. The van der Waals surface area contributed by atoms with Crippen molar-refractivity contribution in [2.75, 3.05) is 13.1 Å².